The number of nitrogens with zero attached hydrogens (tertiary/aromatic N) is 1. The van der Waals surface area contributed by atoms with Crippen LogP contribution < -0.4 is 10.6 Å². The van der Waals surface area contributed by atoms with Crippen LogP contribution in [0, 0.1) is 17.2 Å². The first-order valence-corrected chi connectivity index (χ1v) is 8.16. The summed E-state index contributed by atoms with van der Waals surface area (Å²) in [5, 5.41) is 24.3. The van der Waals surface area contributed by atoms with Crippen LogP contribution in [0.5, 0.6) is 0 Å². The number of aliphatic hydroxyl groups excluding tert-OH is 1. The van der Waals surface area contributed by atoms with E-state index in [-0.39, 0.29) is 24.6 Å². The van der Waals surface area contributed by atoms with E-state index >= 15 is 0 Å². The number of amides is 2. The van der Waals surface area contributed by atoms with E-state index in [4.69, 9.17) is 5.26 Å². The molecule has 0 saturated heterocycles. The lowest BCUT2D eigenvalue weighted by atomic mass is 9.85. The van der Waals surface area contributed by atoms with E-state index in [0.29, 0.717) is 5.69 Å². The number of urea groups is 1. The number of benzene rings is 1. The van der Waals surface area contributed by atoms with Crippen LogP contribution in [0.3, 0.4) is 0 Å². The van der Waals surface area contributed by atoms with E-state index in [1.165, 1.54) is 0 Å². The number of aliphatic hydroxyl groups is 1. The fraction of sp³-hybridized carbons (Fsp3) is 0.556. The van der Waals surface area contributed by atoms with Gasteiger partial charge in [-0.1, -0.05) is 25.0 Å². The Morgan fingerprint density at radius 2 is 1.96 bits per heavy atom. The molecule has 1 aliphatic carbocycles. The Hall–Kier alpha value is -2.06. The van der Waals surface area contributed by atoms with Crippen molar-refractivity contribution in [1.29, 1.82) is 5.26 Å². The molecular formula is C18H25N3O2. The molecule has 0 unspecified atom stereocenters. The number of rotatable bonds is 4. The lowest BCUT2D eigenvalue weighted by molar-refractivity contribution is 0.156. The molecule has 1 aromatic carbocycles. The summed E-state index contributed by atoms with van der Waals surface area (Å²) in [5.74, 6) is 0.147. The maximum absolute atomic E-state index is 12.1. The molecule has 0 aromatic heterocycles. The highest BCUT2D eigenvalue weighted by atomic mass is 16.3. The van der Waals surface area contributed by atoms with Gasteiger partial charge in [0.15, 0.2) is 0 Å². The highest BCUT2D eigenvalue weighted by Gasteiger charge is 2.26. The lowest BCUT2D eigenvalue weighted by Gasteiger charge is -2.30. The Bertz CT molecular complexity index is 575. The summed E-state index contributed by atoms with van der Waals surface area (Å²) in [5.41, 5.74) is 1.06. The van der Waals surface area contributed by atoms with E-state index < -0.39 is 5.41 Å². The topological polar surface area (TPSA) is 85.2 Å². The van der Waals surface area contributed by atoms with E-state index in [2.05, 4.69) is 16.7 Å². The molecule has 1 aliphatic rings. The van der Waals surface area contributed by atoms with Gasteiger partial charge >= 0.3 is 6.03 Å². The largest absolute Gasteiger partial charge is 0.396 e. The Balaban J connectivity index is 1.94. The van der Waals surface area contributed by atoms with Gasteiger partial charge in [-0.2, -0.15) is 5.26 Å². The third-order valence-electron chi connectivity index (χ3n) is 4.60. The van der Waals surface area contributed by atoms with Gasteiger partial charge in [-0.25, -0.2) is 4.79 Å². The fourth-order valence-corrected chi connectivity index (χ4v) is 2.99. The number of nitriles is 1. The van der Waals surface area contributed by atoms with E-state index in [0.717, 1.165) is 31.2 Å². The van der Waals surface area contributed by atoms with Gasteiger partial charge in [0.2, 0.25) is 0 Å². The van der Waals surface area contributed by atoms with Crippen molar-refractivity contribution in [2.75, 3.05) is 11.9 Å². The average Bonchev–Trinajstić information content (AvgIpc) is 2.55. The minimum atomic E-state index is -0.544. The van der Waals surface area contributed by atoms with Gasteiger partial charge in [0.05, 0.1) is 11.5 Å². The van der Waals surface area contributed by atoms with Crippen LogP contribution in [0.2, 0.25) is 0 Å². The van der Waals surface area contributed by atoms with Gasteiger partial charge in [-0.05, 0) is 44.4 Å². The first kappa shape index (κ1) is 17.3. The van der Waals surface area contributed by atoms with Crippen molar-refractivity contribution in [3.05, 3.63) is 29.8 Å². The van der Waals surface area contributed by atoms with E-state index in [1.54, 1.807) is 12.1 Å². The predicted octanol–water partition coefficient (Wildman–Crippen LogP) is 3.16. The number of carbonyl (C=O) groups excluding carboxylic acids is 1. The molecule has 0 spiro atoms. The van der Waals surface area contributed by atoms with Gasteiger partial charge in [0.25, 0.3) is 0 Å². The predicted molar refractivity (Wildman–Crippen MR) is 90.1 cm³/mol. The SMILES string of the molecule is CC(C)(C#N)c1ccc(NC(=O)N[C@@H]2CCCC[C@H]2CO)cc1. The molecule has 2 atom stereocenters. The maximum Gasteiger partial charge on any atom is 0.319 e. The van der Waals surface area contributed by atoms with Crippen LogP contribution in [-0.2, 0) is 5.41 Å². The summed E-state index contributed by atoms with van der Waals surface area (Å²) < 4.78 is 0. The molecule has 1 fully saturated rings. The van der Waals surface area contributed by atoms with E-state index in [9.17, 15) is 9.90 Å². The summed E-state index contributed by atoms with van der Waals surface area (Å²) in [6, 6.07) is 9.37. The zero-order valence-corrected chi connectivity index (χ0v) is 13.8. The number of hydrogen-bond donors (Lipinski definition) is 3. The molecule has 1 aromatic rings. The normalized spacial score (nSPS) is 21.3. The molecule has 0 aliphatic heterocycles. The molecule has 124 valence electrons. The summed E-state index contributed by atoms with van der Waals surface area (Å²) in [6.07, 6.45) is 4.06. The molecule has 23 heavy (non-hydrogen) atoms. The van der Waals surface area contributed by atoms with Crippen molar-refractivity contribution in [3.63, 3.8) is 0 Å². The van der Waals surface area contributed by atoms with Crippen LogP contribution in [0.25, 0.3) is 0 Å². The Labute approximate surface area is 137 Å². The molecule has 2 rings (SSSR count). The second-order valence-electron chi connectivity index (χ2n) is 6.75. The highest BCUT2D eigenvalue weighted by molar-refractivity contribution is 5.89. The monoisotopic (exact) mass is 315 g/mol. The van der Waals surface area contributed by atoms with Crippen molar-refractivity contribution < 1.29 is 9.90 Å². The van der Waals surface area contributed by atoms with Crippen LogP contribution in [0.4, 0.5) is 10.5 Å². The lowest BCUT2D eigenvalue weighted by Crippen LogP contribution is -2.45. The van der Waals surface area contributed by atoms with Crippen LogP contribution >= 0.6 is 0 Å². The van der Waals surface area contributed by atoms with Crippen molar-refractivity contribution >= 4 is 11.7 Å². The van der Waals surface area contributed by atoms with Gasteiger partial charge in [0, 0.05) is 24.3 Å². The number of hydrogen-bond acceptors (Lipinski definition) is 3. The summed E-state index contributed by atoms with van der Waals surface area (Å²) in [4.78, 5) is 12.1. The molecular weight excluding hydrogens is 290 g/mol. The summed E-state index contributed by atoms with van der Waals surface area (Å²) in [6.45, 7) is 3.84. The second-order valence-corrected chi connectivity index (χ2v) is 6.75. The Kier molecular flexibility index (Phi) is 5.62. The minimum absolute atomic E-state index is 0.0329. The van der Waals surface area contributed by atoms with Crippen LogP contribution in [-0.4, -0.2) is 23.8 Å². The molecule has 5 heteroatoms. The van der Waals surface area contributed by atoms with Crippen molar-refractivity contribution in [1.82, 2.24) is 5.32 Å². The Morgan fingerprint density at radius 1 is 1.30 bits per heavy atom. The Morgan fingerprint density at radius 3 is 2.57 bits per heavy atom. The smallest absolute Gasteiger partial charge is 0.319 e. The molecule has 2 amide bonds. The summed E-state index contributed by atoms with van der Waals surface area (Å²) in [7, 11) is 0. The zero-order valence-electron chi connectivity index (χ0n) is 13.8. The van der Waals surface area contributed by atoms with Gasteiger partial charge in [0.1, 0.15) is 0 Å². The molecule has 0 heterocycles. The van der Waals surface area contributed by atoms with Crippen molar-refractivity contribution in [2.45, 2.75) is 51.0 Å². The van der Waals surface area contributed by atoms with Gasteiger partial charge in [-0.15, -0.1) is 0 Å². The van der Waals surface area contributed by atoms with Crippen LogP contribution in [0.15, 0.2) is 24.3 Å². The number of anilines is 1. The van der Waals surface area contributed by atoms with Gasteiger partial charge < -0.3 is 15.7 Å². The van der Waals surface area contributed by atoms with Crippen molar-refractivity contribution in [2.24, 2.45) is 5.92 Å². The molecule has 0 bridgehead atoms. The standard InChI is InChI=1S/C18H25N3O2/c1-18(2,12-19)14-7-9-15(10-8-14)20-17(23)21-16-6-4-3-5-13(16)11-22/h7-10,13,16,22H,3-6,11H2,1-2H3,(H2,20,21,23)/t13-,16+/m0/s1. The zero-order chi connectivity index (χ0) is 16.9. The third kappa shape index (κ3) is 4.46. The molecule has 1 saturated carbocycles. The first-order valence-electron chi connectivity index (χ1n) is 8.16. The molecule has 5 nitrogen and oxygen atoms in total. The van der Waals surface area contributed by atoms with Gasteiger partial charge in [-0.3, -0.25) is 0 Å². The molecule has 3 N–H and O–H groups in total. The van der Waals surface area contributed by atoms with E-state index in [1.807, 2.05) is 26.0 Å². The average molecular weight is 315 g/mol. The first-order chi connectivity index (χ1) is 11.0. The summed E-state index contributed by atoms with van der Waals surface area (Å²) >= 11 is 0. The third-order valence-corrected chi connectivity index (χ3v) is 4.60. The highest BCUT2D eigenvalue weighted by Crippen LogP contribution is 2.25. The van der Waals surface area contributed by atoms with Crippen LogP contribution in [0.1, 0.15) is 45.1 Å². The quantitative estimate of drug-likeness (QED) is 0.798. The number of nitrogens with one attached hydrogen (secondary N) is 2. The maximum atomic E-state index is 12.1. The molecule has 0 radical (unpaired) electrons. The fourth-order valence-electron chi connectivity index (χ4n) is 2.99. The minimum Gasteiger partial charge on any atom is -0.396 e. The second kappa shape index (κ2) is 7.47. The van der Waals surface area contributed by atoms with Crippen molar-refractivity contribution in [3.8, 4) is 6.07 Å². The number of carbonyl (C=O) groups is 1.